The van der Waals surface area contributed by atoms with Crippen molar-refractivity contribution in [2.24, 2.45) is 5.92 Å². The number of carbonyl (C=O) groups excluding carboxylic acids is 2. The summed E-state index contributed by atoms with van der Waals surface area (Å²) in [6.45, 7) is 4.68. The van der Waals surface area contributed by atoms with Crippen molar-refractivity contribution in [3.8, 4) is 5.75 Å². The fourth-order valence-electron chi connectivity index (χ4n) is 2.43. The topological polar surface area (TPSA) is 58.6 Å². The van der Waals surface area contributed by atoms with Crippen LogP contribution in [0.1, 0.15) is 26.7 Å². The van der Waals surface area contributed by atoms with E-state index in [1.165, 1.54) is 12.1 Å². The van der Waals surface area contributed by atoms with Gasteiger partial charge in [0.15, 0.2) is 18.2 Å². The summed E-state index contributed by atoms with van der Waals surface area (Å²) >= 11 is 0. The third kappa shape index (κ3) is 4.94. The van der Waals surface area contributed by atoms with Gasteiger partial charge in [-0.3, -0.25) is 9.59 Å². The molecule has 1 saturated heterocycles. The number of nitrogens with one attached hydrogen (secondary N) is 1. The lowest BCUT2D eigenvalue weighted by atomic mass is 10.0. The van der Waals surface area contributed by atoms with E-state index in [1.807, 2.05) is 13.8 Å². The summed E-state index contributed by atoms with van der Waals surface area (Å²) in [4.78, 5) is 25.5. The summed E-state index contributed by atoms with van der Waals surface area (Å²) in [6.07, 6.45) is 1.45. The van der Waals surface area contributed by atoms with Gasteiger partial charge in [-0.1, -0.05) is 26.0 Å². The normalized spacial score (nSPS) is 15.6. The van der Waals surface area contributed by atoms with E-state index in [9.17, 15) is 14.0 Å². The largest absolute Gasteiger partial charge is 0.481 e. The van der Waals surface area contributed by atoms with E-state index in [0.29, 0.717) is 13.1 Å². The molecule has 2 rings (SSSR count). The monoisotopic (exact) mass is 322 g/mol. The van der Waals surface area contributed by atoms with Crippen molar-refractivity contribution in [2.75, 3.05) is 19.7 Å². The molecule has 1 fully saturated rings. The zero-order chi connectivity index (χ0) is 16.8. The van der Waals surface area contributed by atoms with Crippen molar-refractivity contribution in [2.45, 2.75) is 32.7 Å². The second-order valence-corrected chi connectivity index (χ2v) is 6.04. The molecule has 0 spiro atoms. The minimum Gasteiger partial charge on any atom is -0.481 e. The highest BCUT2D eigenvalue weighted by Crippen LogP contribution is 2.16. The van der Waals surface area contributed by atoms with Crippen LogP contribution in [0.4, 0.5) is 4.39 Å². The molecule has 5 nitrogen and oxygen atoms in total. The molecule has 1 aromatic carbocycles. The van der Waals surface area contributed by atoms with Crippen LogP contribution >= 0.6 is 0 Å². The Balaban J connectivity index is 1.75. The molecule has 1 aliphatic heterocycles. The fraction of sp³-hybridized carbons (Fsp3) is 0.529. The molecular weight excluding hydrogens is 299 g/mol. The number of carbonyl (C=O) groups is 2. The lowest BCUT2D eigenvalue weighted by molar-refractivity contribution is -0.134. The smallest absolute Gasteiger partial charge is 0.260 e. The Morgan fingerprint density at radius 1 is 1.30 bits per heavy atom. The van der Waals surface area contributed by atoms with E-state index in [2.05, 4.69) is 5.32 Å². The average Bonchev–Trinajstić information content (AvgIpc) is 2.54. The molecule has 0 bridgehead atoms. The fourth-order valence-corrected chi connectivity index (χ4v) is 2.43. The Kier molecular flexibility index (Phi) is 5.96. The quantitative estimate of drug-likeness (QED) is 0.902. The molecule has 6 heteroatoms. The molecule has 2 amide bonds. The minimum atomic E-state index is -0.476. The van der Waals surface area contributed by atoms with Crippen LogP contribution in [0.25, 0.3) is 0 Å². The Hall–Kier alpha value is -2.11. The maximum atomic E-state index is 13.4. The van der Waals surface area contributed by atoms with Crippen LogP contribution in [0.15, 0.2) is 24.3 Å². The number of rotatable bonds is 5. The van der Waals surface area contributed by atoms with Crippen LogP contribution in [-0.4, -0.2) is 42.5 Å². The highest BCUT2D eigenvalue weighted by molar-refractivity contribution is 5.79. The Morgan fingerprint density at radius 2 is 1.96 bits per heavy atom. The van der Waals surface area contributed by atoms with Crippen molar-refractivity contribution < 1.29 is 18.7 Å². The van der Waals surface area contributed by atoms with Gasteiger partial charge in [0.05, 0.1) is 0 Å². The van der Waals surface area contributed by atoms with Crippen molar-refractivity contribution in [1.82, 2.24) is 10.2 Å². The number of piperidine rings is 1. The molecule has 0 atom stereocenters. The van der Waals surface area contributed by atoms with Gasteiger partial charge in [0.1, 0.15) is 0 Å². The zero-order valence-corrected chi connectivity index (χ0v) is 13.5. The van der Waals surface area contributed by atoms with Crippen molar-refractivity contribution >= 4 is 11.8 Å². The first-order chi connectivity index (χ1) is 11.0. The molecule has 0 unspecified atom stereocenters. The van der Waals surface area contributed by atoms with Gasteiger partial charge in [-0.05, 0) is 25.0 Å². The van der Waals surface area contributed by atoms with Gasteiger partial charge < -0.3 is 15.0 Å². The Bertz CT molecular complexity index is 555. The highest BCUT2D eigenvalue weighted by atomic mass is 19.1. The summed E-state index contributed by atoms with van der Waals surface area (Å²) in [5, 5.41) is 2.99. The summed E-state index contributed by atoms with van der Waals surface area (Å²) in [5.41, 5.74) is 0. The van der Waals surface area contributed by atoms with Crippen LogP contribution in [0.5, 0.6) is 5.75 Å². The van der Waals surface area contributed by atoms with Crippen LogP contribution in [0.2, 0.25) is 0 Å². The molecule has 1 heterocycles. The summed E-state index contributed by atoms with van der Waals surface area (Å²) < 4.78 is 18.7. The number of amides is 2. The summed E-state index contributed by atoms with van der Waals surface area (Å²) in [5.74, 6) is -0.557. The number of benzene rings is 1. The minimum absolute atomic E-state index is 0.0381. The Morgan fingerprint density at radius 3 is 2.57 bits per heavy atom. The van der Waals surface area contributed by atoms with E-state index in [0.717, 1.165) is 12.8 Å². The van der Waals surface area contributed by atoms with E-state index in [1.54, 1.807) is 17.0 Å². The van der Waals surface area contributed by atoms with Gasteiger partial charge in [0, 0.05) is 25.0 Å². The first-order valence-corrected chi connectivity index (χ1v) is 7.93. The number of hydrogen-bond acceptors (Lipinski definition) is 3. The number of halogens is 1. The summed E-state index contributed by atoms with van der Waals surface area (Å²) in [7, 11) is 0. The number of hydrogen-bond donors (Lipinski definition) is 1. The number of likely N-dealkylation sites (tertiary alicyclic amines) is 1. The molecule has 1 aliphatic rings. The van der Waals surface area contributed by atoms with Gasteiger partial charge in [0.2, 0.25) is 5.91 Å². The van der Waals surface area contributed by atoms with E-state index in [4.69, 9.17) is 4.74 Å². The standard InChI is InChI=1S/C17H23FN2O3/c1-12(2)17(22)19-13-7-9-20(10-8-13)16(21)11-23-15-6-4-3-5-14(15)18/h3-6,12-13H,7-11H2,1-2H3,(H,19,22). The molecule has 0 aromatic heterocycles. The molecule has 23 heavy (non-hydrogen) atoms. The number of para-hydroxylation sites is 1. The Labute approximate surface area is 135 Å². The highest BCUT2D eigenvalue weighted by Gasteiger charge is 2.24. The van der Waals surface area contributed by atoms with Crippen LogP contribution < -0.4 is 10.1 Å². The summed E-state index contributed by atoms with van der Waals surface area (Å²) in [6, 6.07) is 6.13. The third-order valence-corrected chi connectivity index (χ3v) is 3.91. The van der Waals surface area contributed by atoms with E-state index < -0.39 is 5.82 Å². The van der Waals surface area contributed by atoms with Gasteiger partial charge in [0.25, 0.3) is 5.91 Å². The molecular formula is C17H23FN2O3. The number of ether oxygens (including phenoxy) is 1. The molecule has 0 saturated carbocycles. The predicted molar refractivity (Wildman–Crippen MR) is 84.5 cm³/mol. The second kappa shape index (κ2) is 7.94. The first-order valence-electron chi connectivity index (χ1n) is 7.93. The maximum absolute atomic E-state index is 13.4. The third-order valence-electron chi connectivity index (χ3n) is 3.91. The second-order valence-electron chi connectivity index (χ2n) is 6.04. The molecule has 0 radical (unpaired) electrons. The zero-order valence-electron chi connectivity index (χ0n) is 13.5. The van der Waals surface area contributed by atoms with Crippen molar-refractivity contribution in [3.05, 3.63) is 30.1 Å². The number of nitrogens with zero attached hydrogens (tertiary/aromatic N) is 1. The average molecular weight is 322 g/mol. The molecule has 1 aromatic rings. The predicted octanol–water partition coefficient (Wildman–Crippen LogP) is 1.97. The molecule has 1 N–H and O–H groups in total. The van der Waals surface area contributed by atoms with E-state index >= 15 is 0 Å². The van der Waals surface area contributed by atoms with Crippen LogP contribution in [-0.2, 0) is 9.59 Å². The SMILES string of the molecule is CC(C)C(=O)NC1CCN(C(=O)COc2ccccc2F)CC1. The maximum Gasteiger partial charge on any atom is 0.260 e. The first kappa shape index (κ1) is 17.2. The molecule has 126 valence electrons. The van der Waals surface area contributed by atoms with Crippen LogP contribution in [0.3, 0.4) is 0 Å². The van der Waals surface area contributed by atoms with Gasteiger partial charge >= 0.3 is 0 Å². The lowest BCUT2D eigenvalue weighted by Gasteiger charge is -2.32. The lowest BCUT2D eigenvalue weighted by Crippen LogP contribution is -2.48. The van der Waals surface area contributed by atoms with Crippen molar-refractivity contribution in [1.29, 1.82) is 0 Å². The van der Waals surface area contributed by atoms with E-state index in [-0.39, 0.29) is 36.1 Å². The van der Waals surface area contributed by atoms with Gasteiger partial charge in [-0.15, -0.1) is 0 Å². The van der Waals surface area contributed by atoms with Crippen molar-refractivity contribution in [3.63, 3.8) is 0 Å². The van der Waals surface area contributed by atoms with Gasteiger partial charge in [-0.25, -0.2) is 4.39 Å². The van der Waals surface area contributed by atoms with Crippen LogP contribution in [0, 0.1) is 11.7 Å². The molecule has 0 aliphatic carbocycles. The van der Waals surface area contributed by atoms with Gasteiger partial charge in [-0.2, -0.15) is 0 Å².